The Balaban J connectivity index is 2.40. The van der Waals surface area contributed by atoms with Gasteiger partial charge in [0.1, 0.15) is 0 Å². The van der Waals surface area contributed by atoms with Gasteiger partial charge in [0.25, 0.3) is 0 Å². The van der Waals surface area contributed by atoms with Crippen molar-refractivity contribution in [2.75, 3.05) is 32.9 Å². The summed E-state index contributed by atoms with van der Waals surface area (Å²) in [6.45, 7) is 10.7. The Kier molecular flexibility index (Phi) is 7.09. The molecule has 2 unspecified atom stereocenters. The summed E-state index contributed by atoms with van der Waals surface area (Å²) in [5.41, 5.74) is 0.0603. The standard InChI is InChI=1S/C14H29NO2/c1-4-15-12-14(17-10-9-16-5-2)8-6-7-13(3)11-14/h13,15H,4-12H2,1-3H3. The number of rotatable bonds is 8. The molecule has 102 valence electrons. The Bertz CT molecular complexity index is 199. The molecular weight excluding hydrogens is 214 g/mol. The van der Waals surface area contributed by atoms with Crippen LogP contribution in [-0.4, -0.2) is 38.5 Å². The van der Waals surface area contributed by atoms with Crippen LogP contribution in [0.2, 0.25) is 0 Å². The van der Waals surface area contributed by atoms with Gasteiger partial charge in [0.2, 0.25) is 0 Å². The van der Waals surface area contributed by atoms with Crippen molar-refractivity contribution in [3.8, 4) is 0 Å². The third kappa shape index (κ3) is 5.36. The van der Waals surface area contributed by atoms with Crippen LogP contribution in [0.5, 0.6) is 0 Å². The monoisotopic (exact) mass is 243 g/mol. The van der Waals surface area contributed by atoms with E-state index in [2.05, 4.69) is 19.2 Å². The third-order valence-electron chi connectivity index (χ3n) is 3.59. The lowest BCUT2D eigenvalue weighted by Gasteiger charge is -2.40. The molecule has 1 aliphatic carbocycles. The summed E-state index contributed by atoms with van der Waals surface area (Å²) in [7, 11) is 0. The molecular formula is C14H29NO2. The van der Waals surface area contributed by atoms with Crippen molar-refractivity contribution in [1.29, 1.82) is 0 Å². The summed E-state index contributed by atoms with van der Waals surface area (Å²) in [6.07, 6.45) is 5.02. The van der Waals surface area contributed by atoms with Crippen LogP contribution < -0.4 is 5.32 Å². The van der Waals surface area contributed by atoms with Crippen LogP contribution in [0.3, 0.4) is 0 Å². The molecule has 1 N–H and O–H groups in total. The highest BCUT2D eigenvalue weighted by atomic mass is 16.5. The van der Waals surface area contributed by atoms with E-state index in [-0.39, 0.29) is 5.60 Å². The van der Waals surface area contributed by atoms with Crippen LogP contribution in [0.4, 0.5) is 0 Å². The van der Waals surface area contributed by atoms with Crippen LogP contribution in [0.1, 0.15) is 46.5 Å². The smallest absolute Gasteiger partial charge is 0.0810 e. The van der Waals surface area contributed by atoms with E-state index in [1.54, 1.807) is 0 Å². The van der Waals surface area contributed by atoms with Crippen molar-refractivity contribution in [3.05, 3.63) is 0 Å². The van der Waals surface area contributed by atoms with Gasteiger partial charge in [-0.15, -0.1) is 0 Å². The minimum atomic E-state index is 0.0603. The molecule has 1 rings (SSSR count). The molecule has 0 aromatic carbocycles. The predicted octanol–water partition coefficient (Wildman–Crippen LogP) is 2.60. The number of likely N-dealkylation sites (N-methyl/N-ethyl adjacent to an activating group) is 1. The topological polar surface area (TPSA) is 30.5 Å². The average molecular weight is 243 g/mol. The molecule has 0 aromatic rings. The first-order valence-electron chi connectivity index (χ1n) is 7.15. The van der Waals surface area contributed by atoms with E-state index in [0.717, 1.165) is 38.8 Å². The minimum absolute atomic E-state index is 0.0603. The Morgan fingerprint density at radius 1 is 1.29 bits per heavy atom. The van der Waals surface area contributed by atoms with Gasteiger partial charge in [-0.05, 0) is 32.2 Å². The molecule has 0 radical (unpaired) electrons. The molecule has 0 heterocycles. The second-order valence-corrected chi connectivity index (χ2v) is 5.21. The lowest BCUT2D eigenvalue weighted by atomic mass is 9.78. The molecule has 3 heteroatoms. The number of ether oxygens (including phenoxy) is 2. The summed E-state index contributed by atoms with van der Waals surface area (Å²) in [4.78, 5) is 0. The molecule has 0 bridgehead atoms. The highest BCUT2D eigenvalue weighted by Gasteiger charge is 2.35. The van der Waals surface area contributed by atoms with Crippen molar-refractivity contribution in [2.24, 2.45) is 5.92 Å². The fourth-order valence-electron chi connectivity index (χ4n) is 2.77. The summed E-state index contributed by atoms with van der Waals surface area (Å²) >= 11 is 0. The van der Waals surface area contributed by atoms with Gasteiger partial charge >= 0.3 is 0 Å². The van der Waals surface area contributed by atoms with Crippen LogP contribution in [-0.2, 0) is 9.47 Å². The van der Waals surface area contributed by atoms with Crippen LogP contribution in [0, 0.1) is 5.92 Å². The maximum absolute atomic E-state index is 6.16. The summed E-state index contributed by atoms with van der Waals surface area (Å²) in [6, 6.07) is 0. The largest absolute Gasteiger partial charge is 0.379 e. The van der Waals surface area contributed by atoms with E-state index in [1.165, 1.54) is 25.7 Å². The van der Waals surface area contributed by atoms with E-state index in [4.69, 9.17) is 9.47 Å². The number of nitrogens with one attached hydrogen (secondary N) is 1. The minimum Gasteiger partial charge on any atom is -0.379 e. The Hall–Kier alpha value is -0.120. The SMILES string of the molecule is CCNCC1(OCCOCC)CCCC(C)C1. The third-order valence-corrected chi connectivity index (χ3v) is 3.59. The lowest BCUT2D eigenvalue weighted by Crippen LogP contribution is -2.47. The van der Waals surface area contributed by atoms with Gasteiger partial charge in [-0.1, -0.05) is 26.7 Å². The lowest BCUT2D eigenvalue weighted by molar-refractivity contribution is -0.0942. The van der Waals surface area contributed by atoms with Gasteiger partial charge in [-0.2, -0.15) is 0 Å². The van der Waals surface area contributed by atoms with Crippen LogP contribution in [0.15, 0.2) is 0 Å². The maximum Gasteiger partial charge on any atom is 0.0810 e. The van der Waals surface area contributed by atoms with Crippen molar-refractivity contribution < 1.29 is 9.47 Å². The van der Waals surface area contributed by atoms with Gasteiger partial charge < -0.3 is 14.8 Å². The van der Waals surface area contributed by atoms with Crippen LogP contribution in [0.25, 0.3) is 0 Å². The van der Waals surface area contributed by atoms with Gasteiger partial charge in [0, 0.05) is 13.2 Å². The summed E-state index contributed by atoms with van der Waals surface area (Å²) in [5, 5.41) is 3.45. The highest BCUT2D eigenvalue weighted by Crippen LogP contribution is 2.34. The Labute approximate surface area is 106 Å². The quantitative estimate of drug-likeness (QED) is 0.665. The molecule has 2 atom stereocenters. The first-order valence-corrected chi connectivity index (χ1v) is 7.15. The van der Waals surface area contributed by atoms with Crippen molar-refractivity contribution in [1.82, 2.24) is 5.32 Å². The van der Waals surface area contributed by atoms with E-state index in [1.807, 2.05) is 6.92 Å². The van der Waals surface area contributed by atoms with E-state index in [0.29, 0.717) is 0 Å². The molecule has 1 fully saturated rings. The van der Waals surface area contributed by atoms with E-state index >= 15 is 0 Å². The summed E-state index contributed by atoms with van der Waals surface area (Å²) in [5.74, 6) is 0.787. The van der Waals surface area contributed by atoms with Crippen LogP contribution >= 0.6 is 0 Å². The van der Waals surface area contributed by atoms with Crippen molar-refractivity contribution in [2.45, 2.75) is 52.1 Å². The predicted molar refractivity (Wildman–Crippen MR) is 71.4 cm³/mol. The summed E-state index contributed by atoms with van der Waals surface area (Å²) < 4.78 is 11.5. The molecule has 0 spiro atoms. The van der Waals surface area contributed by atoms with E-state index in [9.17, 15) is 0 Å². The molecule has 0 saturated heterocycles. The second-order valence-electron chi connectivity index (χ2n) is 5.21. The van der Waals surface area contributed by atoms with Crippen molar-refractivity contribution >= 4 is 0 Å². The fourth-order valence-corrected chi connectivity index (χ4v) is 2.77. The zero-order valence-corrected chi connectivity index (χ0v) is 11.8. The number of hydrogen-bond acceptors (Lipinski definition) is 3. The number of hydrogen-bond donors (Lipinski definition) is 1. The molecule has 0 aromatic heterocycles. The zero-order valence-electron chi connectivity index (χ0n) is 11.8. The molecule has 1 aliphatic rings. The van der Waals surface area contributed by atoms with Gasteiger partial charge in [-0.25, -0.2) is 0 Å². The van der Waals surface area contributed by atoms with Gasteiger partial charge in [-0.3, -0.25) is 0 Å². The van der Waals surface area contributed by atoms with Gasteiger partial charge in [0.15, 0.2) is 0 Å². The first-order chi connectivity index (χ1) is 8.22. The Morgan fingerprint density at radius 3 is 2.76 bits per heavy atom. The van der Waals surface area contributed by atoms with E-state index < -0.39 is 0 Å². The molecule has 3 nitrogen and oxygen atoms in total. The van der Waals surface area contributed by atoms with Gasteiger partial charge in [0.05, 0.1) is 18.8 Å². The maximum atomic E-state index is 6.16. The normalized spacial score (nSPS) is 29.5. The fraction of sp³-hybridized carbons (Fsp3) is 1.00. The molecule has 1 saturated carbocycles. The highest BCUT2D eigenvalue weighted by molar-refractivity contribution is 4.89. The Morgan fingerprint density at radius 2 is 2.12 bits per heavy atom. The average Bonchev–Trinajstić information content (AvgIpc) is 2.33. The molecule has 0 aliphatic heterocycles. The van der Waals surface area contributed by atoms with Crippen molar-refractivity contribution in [3.63, 3.8) is 0 Å². The molecule has 17 heavy (non-hydrogen) atoms. The molecule has 0 amide bonds. The zero-order chi connectivity index (χ0) is 12.6. The first kappa shape index (κ1) is 14.9. The second kappa shape index (κ2) is 8.06.